The molecular formula is C42H32N2. The van der Waals surface area contributed by atoms with Crippen molar-refractivity contribution >= 4 is 28.5 Å². The molecule has 0 atom stereocenters. The fourth-order valence-electron chi connectivity index (χ4n) is 6.76. The van der Waals surface area contributed by atoms with Gasteiger partial charge in [-0.1, -0.05) is 97.1 Å². The fourth-order valence-corrected chi connectivity index (χ4v) is 6.76. The molecule has 0 amide bonds. The van der Waals surface area contributed by atoms with Gasteiger partial charge in [0, 0.05) is 18.9 Å². The van der Waals surface area contributed by atoms with Crippen molar-refractivity contribution < 1.29 is 0 Å². The van der Waals surface area contributed by atoms with Crippen LogP contribution in [0.3, 0.4) is 0 Å². The molecule has 0 spiro atoms. The molecule has 1 N–H and O–H groups in total. The molecule has 8 rings (SSSR count). The molecule has 0 saturated carbocycles. The molecule has 210 valence electrons. The van der Waals surface area contributed by atoms with Crippen LogP contribution >= 0.6 is 0 Å². The molecule has 0 unspecified atom stereocenters. The van der Waals surface area contributed by atoms with Crippen LogP contribution in [0.4, 0.5) is 0 Å². The third kappa shape index (κ3) is 4.75. The summed E-state index contributed by atoms with van der Waals surface area (Å²) in [5, 5.41) is 8.52. The van der Waals surface area contributed by atoms with Gasteiger partial charge in [0.05, 0.1) is 0 Å². The number of allylic oxidation sites excluding steroid dienone is 2. The van der Waals surface area contributed by atoms with Gasteiger partial charge in [0.2, 0.25) is 0 Å². The molecule has 0 fully saturated rings. The van der Waals surface area contributed by atoms with Crippen LogP contribution < -0.4 is 15.8 Å². The molecule has 1 aliphatic heterocycles. The van der Waals surface area contributed by atoms with E-state index in [1.807, 2.05) is 18.6 Å². The van der Waals surface area contributed by atoms with Gasteiger partial charge in [-0.15, -0.1) is 0 Å². The molecule has 2 heteroatoms. The maximum absolute atomic E-state index is 4.24. The molecule has 44 heavy (non-hydrogen) atoms. The van der Waals surface area contributed by atoms with E-state index in [1.165, 1.54) is 76.9 Å². The first-order chi connectivity index (χ1) is 21.8. The number of aromatic nitrogens is 1. The number of dihydropyridines is 1. The van der Waals surface area contributed by atoms with Gasteiger partial charge >= 0.3 is 0 Å². The van der Waals surface area contributed by atoms with Crippen molar-refractivity contribution in [3.8, 4) is 44.5 Å². The molecule has 6 aromatic rings. The van der Waals surface area contributed by atoms with Crippen molar-refractivity contribution in [2.45, 2.75) is 12.8 Å². The Kier molecular flexibility index (Phi) is 6.73. The second kappa shape index (κ2) is 11.3. The summed E-state index contributed by atoms with van der Waals surface area (Å²) in [7, 11) is 0. The third-order valence-corrected chi connectivity index (χ3v) is 8.83. The molecule has 5 aromatic carbocycles. The molecular weight excluding hydrogens is 532 g/mol. The summed E-state index contributed by atoms with van der Waals surface area (Å²) in [6.45, 7) is 0.854. The van der Waals surface area contributed by atoms with Crippen LogP contribution in [-0.2, 0) is 0 Å². The van der Waals surface area contributed by atoms with Crippen LogP contribution in [0.2, 0.25) is 0 Å². The van der Waals surface area contributed by atoms with Gasteiger partial charge in [0.1, 0.15) is 0 Å². The van der Waals surface area contributed by atoms with Crippen molar-refractivity contribution in [3.63, 3.8) is 0 Å². The van der Waals surface area contributed by atoms with Crippen LogP contribution in [0.5, 0.6) is 0 Å². The van der Waals surface area contributed by atoms with Gasteiger partial charge in [0.25, 0.3) is 0 Å². The minimum absolute atomic E-state index is 0.854. The lowest BCUT2D eigenvalue weighted by atomic mass is 9.84. The monoisotopic (exact) mass is 564 g/mol. The zero-order chi connectivity index (χ0) is 29.3. The normalized spacial score (nSPS) is 13.8. The standard InChI is InChI=1S/C42H32N2/c1-2-8-29(9-3-1)34-16-17-39-40(28-34)42(36-13-7-11-33(27-36)31-20-24-44-25-21-31)38-15-5-4-14-37(38)41(39)35-12-6-10-32(26-35)30-18-22-43-23-19-30/h1-3,6-22,24-28,43H,4-5,23H2. The van der Waals surface area contributed by atoms with Crippen molar-refractivity contribution in [3.05, 3.63) is 156 Å². The Balaban J connectivity index is 1.44. The number of pyridine rings is 1. The van der Waals surface area contributed by atoms with Crippen LogP contribution in [-0.4, -0.2) is 11.5 Å². The summed E-state index contributed by atoms with van der Waals surface area (Å²) in [5.41, 5.74) is 12.5. The Morgan fingerprint density at radius 1 is 0.477 bits per heavy atom. The van der Waals surface area contributed by atoms with Crippen molar-refractivity contribution in [1.29, 1.82) is 0 Å². The minimum Gasteiger partial charge on any atom is -0.387 e. The highest BCUT2D eigenvalue weighted by atomic mass is 14.8. The molecule has 1 aliphatic carbocycles. The summed E-state index contributed by atoms with van der Waals surface area (Å²) in [4.78, 5) is 4.24. The number of hydrogen-bond acceptors (Lipinski definition) is 2. The SMILES string of the molecule is C1=CC(c2cccc(-c3c4c(c(-c5cccc(-c6ccncc6)c5)c5cc(-c6ccccc6)ccc35)=CCCC=4)c2)=CCN1. The predicted molar refractivity (Wildman–Crippen MR) is 186 cm³/mol. The molecule has 0 bridgehead atoms. The van der Waals surface area contributed by atoms with E-state index in [0.717, 1.165) is 19.4 Å². The number of nitrogens with one attached hydrogen (secondary N) is 1. The summed E-state index contributed by atoms with van der Waals surface area (Å²) >= 11 is 0. The lowest BCUT2D eigenvalue weighted by Crippen LogP contribution is -2.31. The molecule has 2 heterocycles. The second-order valence-electron chi connectivity index (χ2n) is 11.5. The minimum atomic E-state index is 0.854. The highest BCUT2D eigenvalue weighted by Crippen LogP contribution is 2.37. The average molecular weight is 565 g/mol. The van der Waals surface area contributed by atoms with Gasteiger partial charge in [-0.3, -0.25) is 4.98 Å². The second-order valence-corrected chi connectivity index (χ2v) is 11.5. The number of nitrogens with zero attached hydrogens (tertiary/aromatic N) is 1. The van der Waals surface area contributed by atoms with Gasteiger partial charge in [0.15, 0.2) is 0 Å². The Morgan fingerprint density at radius 3 is 1.82 bits per heavy atom. The summed E-state index contributed by atoms with van der Waals surface area (Å²) in [5.74, 6) is 0. The number of benzene rings is 5. The molecule has 0 saturated heterocycles. The first kappa shape index (κ1) is 26.2. The Labute approximate surface area is 258 Å². The van der Waals surface area contributed by atoms with Crippen LogP contribution in [0.15, 0.2) is 140 Å². The van der Waals surface area contributed by atoms with Crippen molar-refractivity contribution in [1.82, 2.24) is 10.3 Å². The maximum Gasteiger partial charge on any atom is 0.0334 e. The number of fused-ring (bicyclic) bond motifs is 2. The maximum atomic E-state index is 4.24. The molecule has 2 aliphatic rings. The quantitative estimate of drug-likeness (QED) is 0.226. The zero-order valence-corrected chi connectivity index (χ0v) is 24.5. The summed E-state index contributed by atoms with van der Waals surface area (Å²) < 4.78 is 0. The summed E-state index contributed by atoms with van der Waals surface area (Å²) in [6, 6.07) is 40.0. The number of rotatable bonds is 5. The van der Waals surface area contributed by atoms with Crippen LogP contribution in [0.1, 0.15) is 18.4 Å². The molecule has 1 aromatic heterocycles. The Hall–Kier alpha value is -5.47. The number of hydrogen-bond donors (Lipinski definition) is 1. The lowest BCUT2D eigenvalue weighted by Gasteiger charge is -2.19. The van der Waals surface area contributed by atoms with E-state index in [1.54, 1.807) is 0 Å². The Morgan fingerprint density at radius 2 is 1.09 bits per heavy atom. The Bertz CT molecular complexity index is 2210. The van der Waals surface area contributed by atoms with E-state index in [-0.39, 0.29) is 0 Å². The van der Waals surface area contributed by atoms with E-state index >= 15 is 0 Å². The van der Waals surface area contributed by atoms with Gasteiger partial charge in [-0.2, -0.15) is 0 Å². The molecule has 0 radical (unpaired) electrons. The highest BCUT2D eigenvalue weighted by Gasteiger charge is 2.18. The molecule has 2 nitrogen and oxygen atoms in total. The fraction of sp³-hybridized carbons (Fsp3) is 0.0714. The van der Waals surface area contributed by atoms with E-state index < -0.39 is 0 Å². The van der Waals surface area contributed by atoms with Gasteiger partial charge in [-0.05, 0) is 132 Å². The van der Waals surface area contributed by atoms with Crippen LogP contribution in [0.25, 0.3) is 73.0 Å². The van der Waals surface area contributed by atoms with E-state index in [9.17, 15) is 0 Å². The summed E-state index contributed by atoms with van der Waals surface area (Å²) in [6.07, 6.45) is 17.2. The van der Waals surface area contributed by atoms with Gasteiger partial charge in [-0.25, -0.2) is 0 Å². The topological polar surface area (TPSA) is 24.9 Å². The van der Waals surface area contributed by atoms with Crippen molar-refractivity contribution in [2.75, 3.05) is 6.54 Å². The van der Waals surface area contributed by atoms with E-state index in [2.05, 4.69) is 144 Å². The smallest absolute Gasteiger partial charge is 0.0334 e. The largest absolute Gasteiger partial charge is 0.387 e. The van der Waals surface area contributed by atoms with Crippen LogP contribution in [0, 0.1) is 0 Å². The third-order valence-electron chi connectivity index (χ3n) is 8.83. The van der Waals surface area contributed by atoms with Crippen molar-refractivity contribution in [2.24, 2.45) is 0 Å². The average Bonchev–Trinajstić information content (AvgIpc) is 3.11. The van der Waals surface area contributed by atoms with Gasteiger partial charge < -0.3 is 5.32 Å². The predicted octanol–water partition coefficient (Wildman–Crippen LogP) is 8.76. The van der Waals surface area contributed by atoms with E-state index in [4.69, 9.17) is 0 Å². The first-order valence-electron chi connectivity index (χ1n) is 15.4. The first-order valence-corrected chi connectivity index (χ1v) is 15.4. The lowest BCUT2D eigenvalue weighted by molar-refractivity contribution is 0.976. The highest BCUT2D eigenvalue weighted by molar-refractivity contribution is 6.07. The van der Waals surface area contributed by atoms with E-state index in [0.29, 0.717) is 0 Å². The zero-order valence-electron chi connectivity index (χ0n) is 24.5.